The van der Waals surface area contributed by atoms with Crippen LogP contribution in [0.1, 0.15) is 29.0 Å². The molecule has 1 N–H and O–H groups in total. The molecule has 4 nitrogen and oxygen atoms in total. The SMILES string of the molecule is Cc1ccoc1C(=O)N1CCCC1CO. The number of aliphatic hydroxyl groups excluding tert-OH is 1. The molecule has 0 radical (unpaired) electrons. The highest BCUT2D eigenvalue weighted by Crippen LogP contribution is 2.21. The fraction of sp³-hybridized carbons (Fsp3) is 0.545. The van der Waals surface area contributed by atoms with Gasteiger partial charge in [0.05, 0.1) is 18.9 Å². The van der Waals surface area contributed by atoms with Gasteiger partial charge in [-0.15, -0.1) is 0 Å². The van der Waals surface area contributed by atoms with Crippen LogP contribution in [0.15, 0.2) is 16.7 Å². The summed E-state index contributed by atoms with van der Waals surface area (Å²) in [5.41, 5.74) is 0.851. The molecule has 0 spiro atoms. The Hall–Kier alpha value is -1.29. The highest BCUT2D eigenvalue weighted by atomic mass is 16.3. The van der Waals surface area contributed by atoms with Crippen molar-refractivity contribution in [2.75, 3.05) is 13.2 Å². The number of aryl methyl sites for hydroxylation is 1. The minimum Gasteiger partial charge on any atom is -0.459 e. The van der Waals surface area contributed by atoms with E-state index in [-0.39, 0.29) is 18.6 Å². The topological polar surface area (TPSA) is 53.7 Å². The van der Waals surface area contributed by atoms with Gasteiger partial charge in [-0.25, -0.2) is 0 Å². The quantitative estimate of drug-likeness (QED) is 0.795. The van der Waals surface area contributed by atoms with Crippen LogP contribution in [-0.4, -0.2) is 35.1 Å². The average molecular weight is 209 g/mol. The van der Waals surface area contributed by atoms with Gasteiger partial charge < -0.3 is 14.4 Å². The molecule has 1 aromatic rings. The zero-order chi connectivity index (χ0) is 10.8. The number of hydrogen-bond acceptors (Lipinski definition) is 3. The molecule has 0 bridgehead atoms. The lowest BCUT2D eigenvalue weighted by Crippen LogP contribution is -2.37. The first-order valence-electron chi connectivity index (χ1n) is 5.20. The first-order chi connectivity index (χ1) is 7.24. The highest BCUT2D eigenvalue weighted by molar-refractivity contribution is 5.93. The molecule has 0 aliphatic carbocycles. The Bertz CT molecular complexity index is 358. The molecule has 15 heavy (non-hydrogen) atoms. The molecule has 1 aliphatic heterocycles. The number of likely N-dealkylation sites (tertiary alicyclic amines) is 1. The molecule has 2 heterocycles. The molecule has 0 saturated carbocycles. The van der Waals surface area contributed by atoms with E-state index in [0.717, 1.165) is 18.4 Å². The van der Waals surface area contributed by atoms with E-state index < -0.39 is 0 Å². The van der Waals surface area contributed by atoms with Gasteiger partial charge in [-0.3, -0.25) is 4.79 Å². The van der Waals surface area contributed by atoms with Crippen molar-refractivity contribution in [3.05, 3.63) is 23.7 Å². The Morgan fingerprint density at radius 2 is 2.53 bits per heavy atom. The summed E-state index contributed by atoms with van der Waals surface area (Å²) < 4.78 is 5.16. The van der Waals surface area contributed by atoms with Gasteiger partial charge in [-0.2, -0.15) is 0 Å². The summed E-state index contributed by atoms with van der Waals surface area (Å²) in [6.45, 7) is 2.59. The van der Waals surface area contributed by atoms with Crippen LogP contribution in [-0.2, 0) is 0 Å². The second-order valence-electron chi connectivity index (χ2n) is 3.91. The van der Waals surface area contributed by atoms with Crippen molar-refractivity contribution >= 4 is 5.91 Å². The molecule has 1 amide bonds. The minimum absolute atomic E-state index is 0.0332. The molecule has 1 unspecified atom stereocenters. The zero-order valence-electron chi connectivity index (χ0n) is 8.77. The van der Waals surface area contributed by atoms with Gasteiger partial charge in [0.25, 0.3) is 5.91 Å². The summed E-state index contributed by atoms with van der Waals surface area (Å²) in [5.74, 6) is 0.296. The van der Waals surface area contributed by atoms with Gasteiger partial charge in [0.1, 0.15) is 0 Å². The van der Waals surface area contributed by atoms with E-state index in [0.29, 0.717) is 12.3 Å². The van der Waals surface area contributed by atoms with Crippen LogP contribution in [0.2, 0.25) is 0 Å². The van der Waals surface area contributed by atoms with E-state index in [1.807, 2.05) is 6.92 Å². The molecular weight excluding hydrogens is 194 g/mol. The molecule has 4 heteroatoms. The van der Waals surface area contributed by atoms with Gasteiger partial charge in [-0.1, -0.05) is 0 Å². The number of rotatable bonds is 2. The summed E-state index contributed by atoms with van der Waals surface area (Å²) >= 11 is 0. The number of carbonyl (C=O) groups is 1. The van der Waals surface area contributed by atoms with Gasteiger partial charge in [-0.05, 0) is 25.8 Å². The third-order valence-electron chi connectivity index (χ3n) is 2.91. The Morgan fingerprint density at radius 3 is 3.13 bits per heavy atom. The highest BCUT2D eigenvalue weighted by Gasteiger charge is 2.30. The smallest absolute Gasteiger partial charge is 0.290 e. The maximum absolute atomic E-state index is 12.0. The summed E-state index contributed by atoms with van der Waals surface area (Å²) in [4.78, 5) is 13.7. The van der Waals surface area contributed by atoms with E-state index in [1.165, 1.54) is 6.26 Å². The van der Waals surface area contributed by atoms with Crippen LogP contribution >= 0.6 is 0 Å². The molecule has 0 aromatic carbocycles. The lowest BCUT2D eigenvalue weighted by molar-refractivity contribution is 0.0645. The van der Waals surface area contributed by atoms with Crippen LogP contribution in [0, 0.1) is 6.92 Å². The fourth-order valence-corrected chi connectivity index (χ4v) is 2.02. The zero-order valence-corrected chi connectivity index (χ0v) is 8.77. The average Bonchev–Trinajstić information content (AvgIpc) is 2.84. The molecule has 1 saturated heterocycles. The third-order valence-corrected chi connectivity index (χ3v) is 2.91. The van der Waals surface area contributed by atoms with Crippen LogP contribution in [0.3, 0.4) is 0 Å². The molecule has 2 rings (SSSR count). The summed E-state index contributed by atoms with van der Waals surface area (Å²) in [6, 6.07) is 1.74. The summed E-state index contributed by atoms with van der Waals surface area (Å²) in [7, 11) is 0. The normalized spacial score (nSPS) is 20.9. The third kappa shape index (κ3) is 1.77. The number of hydrogen-bond donors (Lipinski definition) is 1. The standard InChI is InChI=1S/C11H15NO3/c1-8-4-6-15-10(8)11(14)12-5-2-3-9(12)7-13/h4,6,9,13H,2-3,5,7H2,1H3. The van der Waals surface area contributed by atoms with Crippen LogP contribution in [0.4, 0.5) is 0 Å². The fourth-order valence-electron chi connectivity index (χ4n) is 2.02. The van der Waals surface area contributed by atoms with Crippen molar-refractivity contribution in [3.63, 3.8) is 0 Å². The number of nitrogens with zero attached hydrogens (tertiary/aromatic N) is 1. The second kappa shape index (κ2) is 4.06. The molecule has 82 valence electrons. The molecule has 1 atom stereocenters. The summed E-state index contributed by atoms with van der Waals surface area (Å²) in [6.07, 6.45) is 3.35. The molecular formula is C11H15NO3. The Morgan fingerprint density at radius 1 is 1.73 bits per heavy atom. The van der Waals surface area contributed by atoms with E-state index in [1.54, 1.807) is 11.0 Å². The molecule has 1 fully saturated rings. The number of furan rings is 1. The number of aliphatic hydroxyl groups is 1. The predicted octanol–water partition coefficient (Wildman–Crippen LogP) is 1.18. The van der Waals surface area contributed by atoms with E-state index >= 15 is 0 Å². The number of carbonyl (C=O) groups excluding carboxylic acids is 1. The second-order valence-corrected chi connectivity index (χ2v) is 3.91. The van der Waals surface area contributed by atoms with E-state index in [2.05, 4.69) is 0 Å². The lowest BCUT2D eigenvalue weighted by atomic mass is 10.2. The Labute approximate surface area is 88.5 Å². The van der Waals surface area contributed by atoms with E-state index in [9.17, 15) is 4.79 Å². The van der Waals surface area contributed by atoms with Crippen LogP contribution in [0.25, 0.3) is 0 Å². The molecule has 1 aromatic heterocycles. The van der Waals surface area contributed by atoms with Gasteiger partial charge >= 0.3 is 0 Å². The maximum atomic E-state index is 12.0. The minimum atomic E-state index is -0.103. The van der Waals surface area contributed by atoms with Crippen LogP contribution < -0.4 is 0 Å². The van der Waals surface area contributed by atoms with Gasteiger partial charge in [0.2, 0.25) is 0 Å². The van der Waals surface area contributed by atoms with Crippen molar-refractivity contribution in [3.8, 4) is 0 Å². The van der Waals surface area contributed by atoms with Crippen molar-refractivity contribution < 1.29 is 14.3 Å². The number of amides is 1. The maximum Gasteiger partial charge on any atom is 0.290 e. The first-order valence-corrected chi connectivity index (χ1v) is 5.20. The predicted molar refractivity (Wildman–Crippen MR) is 54.6 cm³/mol. The van der Waals surface area contributed by atoms with Crippen molar-refractivity contribution in [1.82, 2.24) is 4.90 Å². The van der Waals surface area contributed by atoms with Gasteiger partial charge in [0.15, 0.2) is 5.76 Å². The van der Waals surface area contributed by atoms with Crippen molar-refractivity contribution in [2.45, 2.75) is 25.8 Å². The molecule has 1 aliphatic rings. The first kappa shape index (κ1) is 10.2. The van der Waals surface area contributed by atoms with Crippen molar-refractivity contribution in [2.24, 2.45) is 0 Å². The summed E-state index contributed by atoms with van der Waals surface area (Å²) in [5, 5.41) is 9.13. The monoisotopic (exact) mass is 209 g/mol. The van der Waals surface area contributed by atoms with E-state index in [4.69, 9.17) is 9.52 Å². The lowest BCUT2D eigenvalue weighted by Gasteiger charge is -2.21. The Kier molecular flexibility index (Phi) is 2.77. The Balaban J connectivity index is 2.18. The van der Waals surface area contributed by atoms with Crippen LogP contribution in [0.5, 0.6) is 0 Å². The van der Waals surface area contributed by atoms with Gasteiger partial charge in [0, 0.05) is 12.1 Å². The van der Waals surface area contributed by atoms with Crippen molar-refractivity contribution in [1.29, 1.82) is 0 Å². The largest absolute Gasteiger partial charge is 0.459 e.